The Balaban J connectivity index is 1.15. The average molecular weight is 473 g/mol. The Morgan fingerprint density at radius 2 is 1.31 bits per heavy atom. The molecule has 0 aliphatic heterocycles. The lowest BCUT2D eigenvalue weighted by molar-refractivity contribution is 0.0943. The van der Waals surface area contributed by atoms with Gasteiger partial charge in [0.05, 0.1) is 12.4 Å². The fourth-order valence-electron chi connectivity index (χ4n) is 4.08. The van der Waals surface area contributed by atoms with E-state index in [1.807, 2.05) is 54.6 Å². The zero-order chi connectivity index (χ0) is 24.7. The van der Waals surface area contributed by atoms with Crippen molar-refractivity contribution in [3.05, 3.63) is 124 Å². The molecule has 5 rings (SSSR count). The minimum Gasteiger partial charge on any atom is -0.267 e. The van der Waals surface area contributed by atoms with Gasteiger partial charge in [0.2, 0.25) is 0 Å². The third-order valence-electron chi connectivity index (χ3n) is 6.04. The lowest BCUT2D eigenvalue weighted by Crippen LogP contribution is -2.20. The van der Waals surface area contributed by atoms with Crippen LogP contribution >= 0.6 is 0 Å². The largest absolute Gasteiger partial charge is 0.271 e. The van der Waals surface area contributed by atoms with Gasteiger partial charge >= 0.3 is 0 Å². The third kappa shape index (κ3) is 5.45. The lowest BCUT2D eigenvalue weighted by atomic mass is 9.93. The Morgan fingerprint density at radius 3 is 2.06 bits per heavy atom. The molecule has 0 radical (unpaired) electrons. The second-order valence-corrected chi connectivity index (χ2v) is 8.50. The van der Waals surface area contributed by atoms with Crippen LogP contribution in [0.4, 0.5) is 0 Å². The van der Waals surface area contributed by atoms with Crippen LogP contribution in [0.25, 0.3) is 16.8 Å². The molecule has 1 aliphatic rings. The highest BCUT2D eigenvalue weighted by Crippen LogP contribution is 2.22. The molecule has 0 spiro atoms. The predicted molar refractivity (Wildman–Crippen MR) is 144 cm³/mol. The number of rotatable bonds is 6. The highest BCUT2D eigenvalue weighted by molar-refractivity contribution is 5.99. The molecule has 0 atom stereocenters. The molecule has 0 heterocycles. The van der Waals surface area contributed by atoms with E-state index < -0.39 is 0 Å². The number of hydrogen-bond donors (Lipinski definition) is 2. The molecule has 2 N–H and O–H groups in total. The zero-order valence-electron chi connectivity index (χ0n) is 19.5. The van der Waals surface area contributed by atoms with Crippen molar-refractivity contribution in [2.45, 2.75) is 12.8 Å². The molecule has 0 saturated carbocycles. The minimum absolute atomic E-state index is 0.343. The molecule has 6 heteroatoms. The molecule has 0 aromatic heterocycles. The highest BCUT2D eigenvalue weighted by atomic mass is 16.2. The first kappa shape index (κ1) is 22.9. The van der Waals surface area contributed by atoms with E-state index in [2.05, 4.69) is 39.3 Å². The third-order valence-corrected chi connectivity index (χ3v) is 6.04. The fourth-order valence-corrected chi connectivity index (χ4v) is 4.08. The maximum Gasteiger partial charge on any atom is 0.271 e. The molecule has 176 valence electrons. The van der Waals surface area contributed by atoms with Crippen molar-refractivity contribution in [3.8, 4) is 0 Å². The molecule has 36 heavy (non-hydrogen) atoms. The summed E-state index contributed by atoms with van der Waals surface area (Å²) in [6, 6.07) is 28.6. The monoisotopic (exact) mass is 472 g/mol. The SMILES string of the molecule is O=C(N/N=C/C1=Cc2ccccc2CC1)c1ccc(C(=O)N/N=C/c2ccc3ccccc3c2)cc1. The molecule has 2 amide bonds. The summed E-state index contributed by atoms with van der Waals surface area (Å²) in [5, 5.41) is 10.4. The van der Waals surface area contributed by atoms with Gasteiger partial charge in [-0.25, -0.2) is 10.9 Å². The lowest BCUT2D eigenvalue weighted by Gasteiger charge is -2.13. The van der Waals surface area contributed by atoms with Crippen molar-refractivity contribution in [2.24, 2.45) is 10.2 Å². The summed E-state index contributed by atoms with van der Waals surface area (Å²) in [5.74, 6) is -0.703. The molecule has 0 fully saturated rings. The van der Waals surface area contributed by atoms with Gasteiger partial charge in [0.1, 0.15) is 0 Å². The van der Waals surface area contributed by atoms with E-state index in [9.17, 15) is 9.59 Å². The summed E-state index contributed by atoms with van der Waals surface area (Å²) in [5.41, 5.74) is 10.3. The van der Waals surface area contributed by atoms with Crippen molar-refractivity contribution < 1.29 is 9.59 Å². The van der Waals surface area contributed by atoms with Gasteiger partial charge in [-0.1, -0.05) is 60.7 Å². The van der Waals surface area contributed by atoms with Crippen molar-refractivity contribution in [3.63, 3.8) is 0 Å². The van der Waals surface area contributed by atoms with Gasteiger partial charge in [-0.15, -0.1) is 0 Å². The summed E-state index contributed by atoms with van der Waals surface area (Å²) in [4.78, 5) is 24.8. The summed E-state index contributed by atoms with van der Waals surface area (Å²) in [6.45, 7) is 0. The number of nitrogens with zero attached hydrogens (tertiary/aromatic N) is 2. The molecular weight excluding hydrogens is 448 g/mol. The molecule has 0 bridgehead atoms. The first-order chi connectivity index (χ1) is 17.7. The van der Waals surface area contributed by atoms with Crippen LogP contribution in [-0.4, -0.2) is 24.2 Å². The number of amides is 2. The number of aryl methyl sites for hydroxylation is 1. The van der Waals surface area contributed by atoms with E-state index in [-0.39, 0.29) is 11.8 Å². The normalized spacial score (nSPS) is 12.9. The number of hydrogen-bond acceptors (Lipinski definition) is 4. The van der Waals surface area contributed by atoms with Gasteiger partial charge in [-0.2, -0.15) is 10.2 Å². The smallest absolute Gasteiger partial charge is 0.267 e. The molecule has 0 unspecified atom stereocenters. The van der Waals surface area contributed by atoms with E-state index in [1.54, 1.807) is 36.7 Å². The summed E-state index contributed by atoms with van der Waals surface area (Å²) in [7, 11) is 0. The molecule has 4 aromatic carbocycles. The van der Waals surface area contributed by atoms with E-state index in [0.29, 0.717) is 11.1 Å². The molecule has 1 aliphatic carbocycles. The van der Waals surface area contributed by atoms with E-state index in [4.69, 9.17) is 0 Å². The van der Waals surface area contributed by atoms with E-state index >= 15 is 0 Å². The van der Waals surface area contributed by atoms with Gasteiger partial charge in [0, 0.05) is 11.1 Å². The minimum atomic E-state index is -0.360. The second kappa shape index (κ2) is 10.6. The standard InChI is InChI=1S/C30H24N4O2/c35-29(33-31-19-21-9-11-23-5-1-3-7-27(23)17-21)25-13-15-26(16-14-25)30(36)34-32-20-22-10-12-24-6-2-4-8-28(24)18-22/h1-9,11,13-20H,10,12H2,(H,33,35)(H,34,36)/b31-19+,32-20+. The number of fused-ring (bicyclic) bond motifs is 2. The van der Waals surface area contributed by atoms with Crippen LogP contribution in [0.3, 0.4) is 0 Å². The maximum absolute atomic E-state index is 12.4. The van der Waals surface area contributed by atoms with Crippen molar-refractivity contribution in [1.29, 1.82) is 0 Å². The van der Waals surface area contributed by atoms with Gasteiger partial charge in [0.15, 0.2) is 0 Å². The second-order valence-electron chi connectivity index (χ2n) is 8.50. The Bertz CT molecular complexity index is 1520. The van der Waals surface area contributed by atoms with Crippen LogP contribution in [-0.2, 0) is 6.42 Å². The Hall–Kier alpha value is -4.84. The quantitative estimate of drug-likeness (QED) is 0.293. The zero-order valence-corrected chi connectivity index (χ0v) is 19.5. The van der Waals surface area contributed by atoms with Crippen LogP contribution in [0.15, 0.2) is 107 Å². The number of benzene rings is 4. The predicted octanol–water partition coefficient (Wildman–Crippen LogP) is 5.35. The number of nitrogens with one attached hydrogen (secondary N) is 2. The number of carbonyl (C=O) groups excluding carboxylic acids is 2. The first-order valence-electron chi connectivity index (χ1n) is 11.7. The van der Waals surface area contributed by atoms with Crippen LogP contribution in [0.1, 0.15) is 43.8 Å². The topological polar surface area (TPSA) is 82.9 Å². The molecular formula is C30H24N4O2. The van der Waals surface area contributed by atoms with Crippen LogP contribution in [0, 0.1) is 0 Å². The van der Waals surface area contributed by atoms with Crippen LogP contribution in [0.5, 0.6) is 0 Å². The van der Waals surface area contributed by atoms with Crippen molar-refractivity contribution in [1.82, 2.24) is 10.9 Å². The molecule has 4 aromatic rings. The van der Waals surface area contributed by atoms with Crippen molar-refractivity contribution >= 4 is 41.1 Å². The van der Waals surface area contributed by atoms with Crippen molar-refractivity contribution in [2.75, 3.05) is 0 Å². The number of carbonyl (C=O) groups is 2. The summed E-state index contributed by atoms with van der Waals surface area (Å²) < 4.78 is 0. The van der Waals surface area contributed by atoms with Crippen LogP contribution < -0.4 is 10.9 Å². The molecule has 0 saturated heterocycles. The summed E-state index contributed by atoms with van der Waals surface area (Å²) in [6.07, 6.45) is 7.21. The summed E-state index contributed by atoms with van der Waals surface area (Å²) >= 11 is 0. The first-order valence-corrected chi connectivity index (χ1v) is 11.7. The Labute approximate surface area is 209 Å². The molecule has 6 nitrogen and oxygen atoms in total. The van der Waals surface area contributed by atoms with Crippen LogP contribution in [0.2, 0.25) is 0 Å². The maximum atomic E-state index is 12.4. The number of hydrazone groups is 2. The Morgan fingerprint density at radius 1 is 0.667 bits per heavy atom. The highest BCUT2D eigenvalue weighted by Gasteiger charge is 2.10. The number of allylic oxidation sites excluding steroid dienone is 1. The van der Waals surface area contributed by atoms with Gasteiger partial charge in [0.25, 0.3) is 11.8 Å². The fraction of sp³-hybridized carbons (Fsp3) is 0.0667. The van der Waals surface area contributed by atoms with Gasteiger partial charge in [-0.05, 0) is 82.3 Å². The van der Waals surface area contributed by atoms with Gasteiger partial charge < -0.3 is 0 Å². The van der Waals surface area contributed by atoms with E-state index in [1.165, 1.54) is 11.1 Å². The van der Waals surface area contributed by atoms with E-state index in [0.717, 1.165) is 34.8 Å². The average Bonchev–Trinajstić information content (AvgIpc) is 2.93. The van der Waals surface area contributed by atoms with Gasteiger partial charge in [-0.3, -0.25) is 9.59 Å². The Kier molecular flexibility index (Phi) is 6.76.